The summed E-state index contributed by atoms with van der Waals surface area (Å²) in [5.74, 6) is 0.519. The zero-order chi connectivity index (χ0) is 18.2. The third kappa shape index (κ3) is 2.92. The van der Waals surface area contributed by atoms with E-state index in [0.29, 0.717) is 27.9 Å². The van der Waals surface area contributed by atoms with Crippen LogP contribution in [0.15, 0.2) is 30.3 Å². The number of benzene rings is 2. The van der Waals surface area contributed by atoms with Crippen LogP contribution < -0.4 is 14.6 Å². The number of hydrogen-bond donors (Lipinski definition) is 0. The summed E-state index contributed by atoms with van der Waals surface area (Å²) in [5, 5.41) is 0.359. The normalized spacial score (nSPS) is 17.9. The number of esters is 1. The van der Waals surface area contributed by atoms with Gasteiger partial charge in [0.05, 0.1) is 31.7 Å². The number of ether oxygens (including phenoxy) is 2. The third-order valence-corrected chi connectivity index (χ3v) is 6.03. The molecule has 25 heavy (non-hydrogen) atoms. The largest absolute Gasteiger partial charge is 0.497 e. The first-order chi connectivity index (χ1) is 11.9. The molecule has 1 atom stereocenters. The van der Waals surface area contributed by atoms with Crippen LogP contribution in [0.4, 0.5) is 0 Å². The smallest absolute Gasteiger partial charge is 0.411 e. The summed E-state index contributed by atoms with van der Waals surface area (Å²) < 4.78 is 34.6. The van der Waals surface area contributed by atoms with E-state index in [2.05, 4.69) is 0 Å². The number of methoxy groups -OCH3 is 2. The summed E-state index contributed by atoms with van der Waals surface area (Å²) in [5.41, 5.74) is 2.53. The molecule has 2 aromatic carbocycles. The van der Waals surface area contributed by atoms with Crippen molar-refractivity contribution in [2.45, 2.75) is 13.8 Å². The van der Waals surface area contributed by atoms with E-state index in [1.165, 1.54) is 7.11 Å². The fraction of sp³-hybridized carbons (Fsp3) is 0.278. The molecule has 0 aliphatic carbocycles. The summed E-state index contributed by atoms with van der Waals surface area (Å²) in [7, 11) is -0.770. The maximum absolute atomic E-state index is 13.4. The second-order valence-electron chi connectivity index (χ2n) is 5.54. The van der Waals surface area contributed by atoms with Crippen molar-refractivity contribution in [1.29, 1.82) is 0 Å². The van der Waals surface area contributed by atoms with Crippen molar-refractivity contribution < 1.29 is 27.9 Å². The van der Waals surface area contributed by atoms with Crippen LogP contribution in [0.2, 0.25) is 0 Å². The van der Waals surface area contributed by atoms with Gasteiger partial charge in [0.1, 0.15) is 11.5 Å². The monoisotopic (exact) mass is 362 g/mol. The molecule has 0 amide bonds. The minimum absolute atomic E-state index is 0.206. The van der Waals surface area contributed by atoms with Crippen LogP contribution in [0.3, 0.4) is 0 Å². The van der Waals surface area contributed by atoms with Crippen LogP contribution in [0, 0.1) is 6.92 Å². The van der Waals surface area contributed by atoms with Gasteiger partial charge in [-0.3, -0.25) is 4.52 Å². The van der Waals surface area contributed by atoms with Gasteiger partial charge in [-0.1, -0.05) is 0 Å². The molecule has 0 saturated heterocycles. The van der Waals surface area contributed by atoms with Crippen molar-refractivity contribution in [1.82, 2.24) is 0 Å². The molecule has 1 aliphatic rings. The number of hydrogen-bond acceptors (Lipinski definition) is 6. The van der Waals surface area contributed by atoms with Crippen LogP contribution in [0.1, 0.15) is 22.8 Å². The Kier molecular flexibility index (Phi) is 4.58. The summed E-state index contributed by atoms with van der Waals surface area (Å²) in [6.07, 6.45) is 0. The second kappa shape index (κ2) is 6.54. The minimum atomic E-state index is -3.63. The minimum Gasteiger partial charge on any atom is -0.497 e. The quantitative estimate of drug-likeness (QED) is 0.610. The van der Waals surface area contributed by atoms with Gasteiger partial charge in [-0.15, -0.1) is 0 Å². The van der Waals surface area contributed by atoms with E-state index in [-0.39, 0.29) is 6.61 Å². The first kappa shape index (κ1) is 17.5. The summed E-state index contributed by atoms with van der Waals surface area (Å²) >= 11 is 0. The molecule has 0 fully saturated rings. The first-order valence-corrected chi connectivity index (χ1v) is 9.34. The predicted molar refractivity (Wildman–Crippen MR) is 94.0 cm³/mol. The summed E-state index contributed by atoms with van der Waals surface area (Å²) in [6, 6.07) is 8.65. The highest BCUT2D eigenvalue weighted by atomic mass is 31.2. The zero-order valence-corrected chi connectivity index (χ0v) is 15.4. The van der Waals surface area contributed by atoms with Gasteiger partial charge in [0.2, 0.25) is 0 Å². The molecule has 0 radical (unpaired) electrons. The number of aryl methyl sites for hydroxylation is 1. The molecule has 0 N–H and O–H groups in total. The van der Waals surface area contributed by atoms with Crippen molar-refractivity contribution in [3.63, 3.8) is 0 Å². The van der Waals surface area contributed by atoms with Crippen molar-refractivity contribution in [3.05, 3.63) is 41.5 Å². The van der Waals surface area contributed by atoms with Gasteiger partial charge in [-0.25, -0.2) is 9.36 Å². The van der Waals surface area contributed by atoms with Crippen LogP contribution >= 0.6 is 7.60 Å². The summed E-state index contributed by atoms with van der Waals surface area (Å²) in [6.45, 7) is 3.74. The van der Waals surface area contributed by atoms with Crippen molar-refractivity contribution in [3.8, 4) is 22.6 Å². The van der Waals surface area contributed by atoms with Crippen LogP contribution in [-0.2, 0) is 13.8 Å². The Morgan fingerprint density at radius 3 is 2.56 bits per heavy atom. The molecule has 132 valence electrons. The Labute approximate surface area is 146 Å². The van der Waals surface area contributed by atoms with Crippen molar-refractivity contribution >= 4 is 18.9 Å². The molecule has 1 heterocycles. The van der Waals surface area contributed by atoms with E-state index in [1.54, 1.807) is 45.2 Å². The van der Waals surface area contributed by atoms with Crippen molar-refractivity contribution in [2.24, 2.45) is 0 Å². The van der Waals surface area contributed by atoms with E-state index < -0.39 is 13.6 Å². The van der Waals surface area contributed by atoms with Crippen LogP contribution in [-0.4, -0.2) is 26.8 Å². The number of rotatable bonds is 4. The van der Waals surface area contributed by atoms with Gasteiger partial charge >= 0.3 is 13.6 Å². The third-order valence-electron chi connectivity index (χ3n) is 4.04. The molecular formula is C18H19O6P. The lowest BCUT2D eigenvalue weighted by atomic mass is 9.98. The van der Waals surface area contributed by atoms with Gasteiger partial charge < -0.3 is 14.0 Å². The molecule has 0 spiro atoms. The Balaban J connectivity index is 2.28. The molecule has 0 aromatic heterocycles. The number of fused-ring (bicyclic) bond motifs is 3. The predicted octanol–water partition coefficient (Wildman–Crippen LogP) is 3.70. The maximum atomic E-state index is 13.4. The van der Waals surface area contributed by atoms with Gasteiger partial charge in [0.25, 0.3) is 0 Å². The van der Waals surface area contributed by atoms with Gasteiger partial charge in [0.15, 0.2) is 0 Å². The first-order valence-electron chi connectivity index (χ1n) is 7.79. The molecule has 1 aliphatic heterocycles. The molecule has 3 rings (SSSR count). The lowest BCUT2D eigenvalue weighted by molar-refractivity contribution is 0.0600. The Bertz CT molecular complexity index is 889. The number of carbonyl (C=O) groups is 1. The highest BCUT2D eigenvalue weighted by Crippen LogP contribution is 2.56. The zero-order valence-electron chi connectivity index (χ0n) is 14.5. The van der Waals surface area contributed by atoms with Gasteiger partial charge in [0, 0.05) is 17.2 Å². The average molecular weight is 362 g/mol. The second-order valence-corrected chi connectivity index (χ2v) is 7.46. The molecular weight excluding hydrogens is 343 g/mol. The van der Waals surface area contributed by atoms with E-state index in [0.717, 1.165) is 11.1 Å². The van der Waals surface area contributed by atoms with Crippen LogP contribution in [0.25, 0.3) is 11.1 Å². The Morgan fingerprint density at radius 2 is 1.92 bits per heavy atom. The maximum Gasteiger partial charge on any atom is 0.411 e. The topological polar surface area (TPSA) is 71.1 Å². The highest BCUT2D eigenvalue weighted by molar-refractivity contribution is 7.63. The lowest BCUT2D eigenvalue weighted by Gasteiger charge is -2.28. The van der Waals surface area contributed by atoms with Crippen molar-refractivity contribution in [2.75, 3.05) is 20.8 Å². The molecule has 0 saturated carbocycles. The highest BCUT2D eigenvalue weighted by Gasteiger charge is 2.38. The fourth-order valence-electron chi connectivity index (χ4n) is 2.84. The Hall–Kier alpha value is -2.30. The Morgan fingerprint density at radius 1 is 1.16 bits per heavy atom. The molecule has 2 aromatic rings. The molecule has 0 bridgehead atoms. The van der Waals surface area contributed by atoms with E-state index in [9.17, 15) is 9.36 Å². The standard InChI is InChI=1S/C18H19O6P/c1-5-23-25(20)17-10-14(18(19)22-4)11(2)8-15(17)13-7-6-12(21-3)9-16(13)24-25/h6-10H,5H2,1-4H3. The van der Waals surface area contributed by atoms with E-state index in [1.807, 2.05) is 6.07 Å². The SMILES string of the molecule is CCOP1(=O)Oc2cc(OC)ccc2-c2cc(C)c(C(=O)OC)cc21. The molecule has 1 unspecified atom stereocenters. The number of carbonyl (C=O) groups excluding carboxylic acids is 1. The fourth-order valence-corrected chi connectivity index (χ4v) is 4.65. The molecule has 6 nitrogen and oxygen atoms in total. The van der Waals surface area contributed by atoms with E-state index >= 15 is 0 Å². The van der Waals surface area contributed by atoms with Gasteiger partial charge in [-0.05, 0) is 43.7 Å². The van der Waals surface area contributed by atoms with E-state index in [4.69, 9.17) is 18.5 Å². The van der Waals surface area contributed by atoms with Crippen LogP contribution in [0.5, 0.6) is 11.5 Å². The average Bonchev–Trinajstić information content (AvgIpc) is 2.60. The van der Waals surface area contributed by atoms with Gasteiger partial charge in [-0.2, -0.15) is 0 Å². The lowest BCUT2D eigenvalue weighted by Crippen LogP contribution is -2.22. The summed E-state index contributed by atoms with van der Waals surface area (Å²) in [4.78, 5) is 12.0. The molecule has 7 heteroatoms.